The van der Waals surface area contributed by atoms with Gasteiger partial charge in [0.1, 0.15) is 17.6 Å². The van der Waals surface area contributed by atoms with Crippen molar-refractivity contribution >= 4 is 23.0 Å². The zero-order valence-corrected chi connectivity index (χ0v) is 18.2. The van der Waals surface area contributed by atoms with Gasteiger partial charge in [-0.05, 0) is 60.7 Å². The molecule has 5 nitrogen and oxygen atoms in total. The number of rotatable bonds is 5. The van der Waals surface area contributed by atoms with Gasteiger partial charge in [0, 0.05) is 29.8 Å². The van der Waals surface area contributed by atoms with Gasteiger partial charge in [0.25, 0.3) is 0 Å². The third-order valence-corrected chi connectivity index (χ3v) is 5.94. The fourth-order valence-electron chi connectivity index (χ4n) is 4.19. The Hall–Kier alpha value is -3.71. The third-order valence-electron chi connectivity index (χ3n) is 5.62. The van der Waals surface area contributed by atoms with Gasteiger partial charge < -0.3 is 19.5 Å². The molecular formula is C25H21FN4OS. The van der Waals surface area contributed by atoms with Crippen molar-refractivity contribution < 1.29 is 9.13 Å². The second-order valence-corrected chi connectivity index (χ2v) is 7.84. The van der Waals surface area contributed by atoms with Gasteiger partial charge in [-0.2, -0.15) is 0 Å². The van der Waals surface area contributed by atoms with Crippen molar-refractivity contribution in [3.05, 3.63) is 108 Å². The lowest BCUT2D eigenvalue weighted by atomic mass is 10.0. The van der Waals surface area contributed by atoms with Crippen LogP contribution in [0.4, 0.5) is 10.1 Å². The summed E-state index contributed by atoms with van der Waals surface area (Å²) < 4.78 is 22.4. The van der Waals surface area contributed by atoms with Crippen LogP contribution in [0, 0.1) is 5.82 Å². The Morgan fingerprint density at radius 3 is 2.62 bits per heavy atom. The Bertz CT molecular complexity index is 1260. The average Bonchev–Trinajstić information content (AvgIpc) is 3.44. The second kappa shape index (κ2) is 8.43. The number of thiocarbonyl (C=S) groups is 1. The Morgan fingerprint density at radius 2 is 1.84 bits per heavy atom. The van der Waals surface area contributed by atoms with E-state index in [0.717, 1.165) is 22.8 Å². The summed E-state index contributed by atoms with van der Waals surface area (Å²) in [6, 6.07) is 23.7. The zero-order valence-electron chi connectivity index (χ0n) is 17.4. The Labute approximate surface area is 191 Å². The molecule has 4 aromatic rings. The van der Waals surface area contributed by atoms with Gasteiger partial charge in [-0.25, -0.2) is 4.39 Å². The summed E-state index contributed by atoms with van der Waals surface area (Å²) in [5, 5.41) is 3.83. The van der Waals surface area contributed by atoms with Crippen LogP contribution in [0.25, 0.3) is 5.69 Å². The molecule has 160 valence electrons. The number of benzene rings is 2. The van der Waals surface area contributed by atoms with Crippen LogP contribution in [-0.2, 0) is 0 Å². The molecule has 0 aliphatic carbocycles. The Balaban J connectivity index is 1.68. The first-order valence-electron chi connectivity index (χ1n) is 10.2. The van der Waals surface area contributed by atoms with Gasteiger partial charge in [0.2, 0.25) is 0 Å². The average molecular weight is 445 g/mol. The number of anilines is 1. The van der Waals surface area contributed by atoms with E-state index in [1.807, 2.05) is 71.8 Å². The van der Waals surface area contributed by atoms with E-state index >= 15 is 0 Å². The molecule has 0 spiro atoms. The fraction of sp³-hybridized carbons (Fsp3) is 0.120. The van der Waals surface area contributed by atoms with Crippen LogP contribution in [0.3, 0.4) is 0 Å². The molecule has 1 aliphatic heterocycles. The first-order chi connectivity index (χ1) is 15.7. The number of halogens is 1. The summed E-state index contributed by atoms with van der Waals surface area (Å²) in [5.41, 5.74) is 3.14. The standard InChI is InChI=1S/C25H21FN4OS/c1-31-18-9-6-8-17(16-18)29-15-7-13-22(29)24-23(20-11-4-5-14-27-20)28-25(32)30(24)21-12-3-2-10-19(21)26/h2-16,23-24H,1H3,(H,28,32)/t23-,24-/m1/s1. The highest BCUT2D eigenvalue weighted by atomic mass is 32.1. The highest BCUT2D eigenvalue weighted by Crippen LogP contribution is 2.43. The lowest BCUT2D eigenvalue weighted by Crippen LogP contribution is -2.31. The number of ether oxygens (including phenoxy) is 1. The van der Waals surface area contributed by atoms with Crippen LogP contribution < -0.4 is 15.0 Å². The summed E-state index contributed by atoms with van der Waals surface area (Å²) in [4.78, 5) is 6.41. The second-order valence-electron chi connectivity index (χ2n) is 7.45. The van der Waals surface area contributed by atoms with Crippen molar-refractivity contribution in [3.63, 3.8) is 0 Å². The first kappa shape index (κ1) is 20.2. The minimum atomic E-state index is -0.331. The van der Waals surface area contributed by atoms with Crippen LogP contribution in [0.2, 0.25) is 0 Å². The normalized spacial score (nSPS) is 17.9. The van der Waals surface area contributed by atoms with E-state index < -0.39 is 0 Å². The molecule has 0 bridgehead atoms. The summed E-state index contributed by atoms with van der Waals surface area (Å²) >= 11 is 5.70. The van der Waals surface area contributed by atoms with Crippen LogP contribution in [-0.4, -0.2) is 21.8 Å². The van der Waals surface area contributed by atoms with Crippen molar-refractivity contribution in [2.75, 3.05) is 12.0 Å². The molecule has 2 atom stereocenters. The molecule has 0 saturated carbocycles. The highest BCUT2D eigenvalue weighted by Gasteiger charge is 2.43. The van der Waals surface area contributed by atoms with E-state index in [4.69, 9.17) is 17.0 Å². The zero-order chi connectivity index (χ0) is 22.1. The number of nitrogens with one attached hydrogen (secondary N) is 1. The van der Waals surface area contributed by atoms with Gasteiger partial charge in [-0.15, -0.1) is 0 Å². The van der Waals surface area contributed by atoms with E-state index in [9.17, 15) is 4.39 Å². The molecule has 1 aliphatic rings. The van der Waals surface area contributed by atoms with E-state index in [1.54, 1.807) is 25.4 Å². The topological polar surface area (TPSA) is 42.3 Å². The van der Waals surface area contributed by atoms with E-state index in [-0.39, 0.29) is 17.9 Å². The van der Waals surface area contributed by atoms with Crippen LogP contribution >= 0.6 is 12.2 Å². The highest BCUT2D eigenvalue weighted by molar-refractivity contribution is 7.80. The fourth-order valence-corrected chi connectivity index (χ4v) is 4.53. The van der Waals surface area contributed by atoms with Crippen LogP contribution in [0.1, 0.15) is 23.5 Å². The molecule has 2 aromatic heterocycles. The van der Waals surface area contributed by atoms with Gasteiger partial charge in [-0.3, -0.25) is 4.98 Å². The van der Waals surface area contributed by atoms with Crippen molar-refractivity contribution in [1.82, 2.24) is 14.9 Å². The largest absolute Gasteiger partial charge is 0.497 e. The Morgan fingerprint density at radius 1 is 1.00 bits per heavy atom. The SMILES string of the molecule is COc1cccc(-n2cccc2[C@@H]2[C@@H](c3ccccn3)NC(=S)N2c2ccccc2F)c1. The van der Waals surface area contributed by atoms with Crippen molar-refractivity contribution in [2.24, 2.45) is 0 Å². The minimum Gasteiger partial charge on any atom is -0.497 e. The molecule has 1 fully saturated rings. The minimum absolute atomic E-state index is 0.262. The molecular weight excluding hydrogens is 423 g/mol. The molecule has 7 heteroatoms. The molecule has 0 radical (unpaired) electrons. The number of pyridine rings is 1. The summed E-state index contributed by atoms with van der Waals surface area (Å²) in [7, 11) is 1.64. The molecule has 5 rings (SSSR count). The smallest absolute Gasteiger partial charge is 0.174 e. The van der Waals surface area contributed by atoms with Gasteiger partial charge in [0.15, 0.2) is 5.11 Å². The summed E-state index contributed by atoms with van der Waals surface area (Å²) in [5.74, 6) is 0.428. The summed E-state index contributed by atoms with van der Waals surface area (Å²) in [6.45, 7) is 0. The van der Waals surface area contributed by atoms with E-state index in [2.05, 4.69) is 14.9 Å². The lowest BCUT2D eigenvalue weighted by molar-refractivity contribution is 0.414. The third kappa shape index (κ3) is 3.50. The number of hydrogen-bond acceptors (Lipinski definition) is 3. The maximum absolute atomic E-state index is 14.9. The first-order valence-corrected chi connectivity index (χ1v) is 10.6. The maximum atomic E-state index is 14.9. The molecule has 1 saturated heterocycles. The number of nitrogens with zero attached hydrogens (tertiary/aromatic N) is 3. The van der Waals surface area contributed by atoms with Crippen LogP contribution in [0.15, 0.2) is 91.3 Å². The van der Waals surface area contributed by atoms with Crippen molar-refractivity contribution in [1.29, 1.82) is 0 Å². The van der Waals surface area contributed by atoms with Gasteiger partial charge in [-0.1, -0.05) is 24.3 Å². The quantitative estimate of drug-likeness (QED) is 0.429. The molecule has 0 amide bonds. The maximum Gasteiger partial charge on any atom is 0.174 e. The molecule has 3 heterocycles. The van der Waals surface area contributed by atoms with Gasteiger partial charge >= 0.3 is 0 Å². The van der Waals surface area contributed by atoms with Crippen LogP contribution in [0.5, 0.6) is 5.75 Å². The van der Waals surface area contributed by atoms with E-state index in [1.165, 1.54) is 6.07 Å². The molecule has 32 heavy (non-hydrogen) atoms. The number of methoxy groups -OCH3 is 1. The summed E-state index contributed by atoms with van der Waals surface area (Å²) in [6.07, 6.45) is 3.74. The number of para-hydroxylation sites is 1. The van der Waals surface area contributed by atoms with E-state index in [0.29, 0.717) is 10.8 Å². The molecule has 0 unspecified atom stereocenters. The predicted molar refractivity (Wildman–Crippen MR) is 127 cm³/mol. The molecule has 2 aromatic carbocycles. The van der Waals surface area contributed by atoms with Crippen molar-refractivity contribution in [2.45, 2.75) is 12.1 Å². The number of aromatic nitrogens is 2. The Kier molecular flexibility index (Phi) is 5.33. The monoisotopic (exact) mass is 444 g/mol. The molecule has 1 N–H and O–H groups in total. The predicted octanol–water partition coefficient (Wildman–Crippen LogP) is 5.20. The van der Waals surface area contributed by atoms with Crippen molar-refractivity contribution in [3.8, 4) is 11.4 Å². The number of hydrogen-bond donors (Lipinski definition) is 1. The van der Waals surface area contributed by atoms with Gasteiger partial charge in [0.05, 0.1) is 24.5 Å². The lowest BCUT2D eigenvalue weighted by Gasteiger charge is -2.29.